The van der Waals surface area contributed by atoms with Gasteiger partial charge in [-0.2, -0.15) is 0 Å². The first-order valence-electron chi connectivity index (χ1n) is 5.93. The molecule has 1 heterocycles. The molecule has 4 heteroatoms. The summed E-state index contributed by atoms with van der Waals surface area (Å²) in [7, 11) is 1.67. The molecule has 18 heavy (non-hydrogen) atoms. The maximum Gasteiger partial charge on any atom is 0.130 e. The largest absolute Gasteiger partial charge is 0.508 e. The fourth-order valence-electron chi connectivity index (χ4n) is 1.81. The van der Waals surface area contributed by atoms with Crippen molar-refractivity contribution < 1.29 is 14.6 Å². The van der Waals surface area contributed by atoms with Gasteiger partial charge in [0.25, 0.3) is 0 Å². The molecular weight excluding hydrogens is 230 g/mol. The Morgan fingerprint density at radius 1 is 1.22 bits per heavy atom. The van der Waals surface area contributed by atoms with Crippen LogP contribution < -0.4 is 4.74 Å². The molecule has 0 atom stereocenters. The summed E-state index contributed by atoms with van der Waals surface area (Å²) in [5.74, 6) is 0.972. The maximum absolute atomic E-state index is 9.53. The Morgan fingerprint density at radius 3 is 2.83 bits per heavy atom. The highest BCUT2D eigenvalue weighted by molar-refractivity contribution is 5.86. The van der Waals surface area contributed by atoms with Gasteiger partial charge in [-0.3, -0.25) is 4.98 Å². The summed E-state index contributed by atoms with van der Waals surface area (Å²) < 4.78 is 10.7. The molecule has 0 spiro atoms. The highest BCUT2D eigenvalue weighted by Gasteiger charge is 2.06. The molecule has 0 unspecified atom stereocenters. The molecule has 0 saturated heterocycles. The average Bonchev–Trinajstić information content (AvgIpc) is 2.35. The molecule has 0 saturated carbocycles. The number of aryl methyl sites for hydroxylation is 1. The molecule has 2 rings (SSSR count). The number of aromatic nitrogens is 1. The van der Waals surface area contributed by atoms with Crippen LogP contribution in [0.4, 0.5) is 0 Å². The Bertz CT molecular complexity index is 540. The van der Waals surface area contributed by atoms with Crippen molar-refractivity contribution in [2.24, 2.45) is 0 Å². The van der Waals surface area contributed by atoms with Gasteiger partial charge in [-0.1, -0.05) is 0 Å². The van der Waals surface area contributed by atoms with E-state index in [0.29, 0.717) is 13.2 Å². The van der Waals surface area contributed by atoms with Gasteiger partial charge >= 0.3 is 0 Å². The number of methoxy groups -OCH3 is 1. The molecule has 1 aromatic heterocycles. The molecule has 2 aromatic rings. The van der Waals surface area contributed by atoms with Crippen LogP contribution in [0.25, 0.3) is 10.9 Å². The fraction of sp³-hybridized carbons (Fsp3) is 0.357. The Balaban J connectivity index is 2.27. The summed E-state index contributed by atoms with van der Waals surface area (Å²) in [6.45, 7) is 3.18. The van der Waals surface area contributed by atoms with E-state index in [4.69, 9.17) is 9.47 Å². The summed E-state index contributed by atoms with van der Waals surface area (Å²) in [6, 6.07) is 6.98. The van der Waals surface area contributed by atoms with Gasteiger partial charge in [0.1, 0.15) is 11.5 Å². The molecule has 1 aromatic carbocycles. The molecule has 0 aliphatic rings. The molecule has 1 N–H and O–H groups in total. The number of phenolic OH excluding ortho intramolecular Hbond substituents is 1. The smallest absolute Gasteiger partial charge is 0.130 e. The van der Waals surface area contributed by atoms with Gasteiger partial charge < -0.3 is 14.6 Å². The molecule has 0 fully saturated rings. The lowest BCUT2D eigenvalue weighted by molar-refractivity contribution is 0.172. The minimum atomic E-state index is 0.217. The van der Waals surface area contributed by atoms with Crippen LogP contribution in [0.3, 0.4) is 0 Å². The van der Waals surface area contributed by atoms with Gasteiger partial charge in [-0.05, 0) is 25.1 Å². The van der Waals surface area contributed by atoms with Gasteiger partial charge in [0.05, 0.1) is 12.1 Å². The molecular formula is C14H17NO3. The Kier molecular flexibility index (Phi) is 3.99. The van der Waals surface area contributed by atoms with Crippen LogP contribution in [0.15, 0.2) is 24.3 Å². The molecule has 0 amide bonds. The summed E-state index contributed by atoms with van der Waals surface area (Å²) in [5, 5.41) is 10.4. The second-order valence-electron chi connectivity index (χ2n) is 4.16. The summed E-state index contributed by atoms with van der Waals surface area (Å²) in [6.07, 6.45) is 0.832. The van der Waals surface area contributed by atoms with E-state index in [0.717, 1.165) is 28.8 Å². The van der Waals surface area contributed by atoms with E-state index in [1.165, 1.54) is 0 Å². The number of benzene rings is 1. The Hall–Kier alpha value is -1.81. The predicted octanol–water partition coefficient (Wildman–Crippen LogP) is 2.66. The molecule has 0 bridgehead atoms. The third kappa shape index (κ3) is 2.90. The van der Waals surface area contributed by atoms with E-state index in [2.05, 4.69) is 4.98 Å². The van der Waals surface area contributed by atoms with Crippen molar-refractivity contribution in [3.8, 4) is 11.5 Å². The van der Waals surface area contributed by atoms with E-state index in [1.54, 1.807) is 25.3 Å². The predicted molar refractivity (Wildman–Crippen MR) is 70.1 cm³/mol. The lowest BCUT2D eigenvalue weighted by Gasteiger charge is -2.10. The lowest BCUT2D eigenvalue weighted by Crippen LogP contribution is -2.02. The number of fused-ring (bicyclic) bond motifs is 1. The van der Waals surface area contributed by atoms with E-state index >= 15 is 0 Å². The molecule has 4 nitrogen and oxygen atoms in total. The van der Waals surface area contributed by atoms with Crippen molar-refractivity contribution in [1.82, 2.24) is 4.98 Å². The maximum atomic E-state index is 9.53. The highest BCUT2D eigenvalue weighted by Crippen LogP contribution is 2.28. The quantitative estimate of drug-likeness (QED) is 0.825. The third-order valence-corrected chi connectivity index (χ3v) is 2.63. The Labute approximate surface area is 106 Å². The number of nitrogens with zero attached hydrogens (tertiary/aromatic N) is 1. The SMILES string of the molecule is COCCCOc1cc(C)nc2ccc(O)cc12. The minimum absolute atomic E-state index is 0.217. The Morgan fingerprint density at radius 2 is 2.06 bits per heavy atom. The number of rotatable bonds is 5. The third-order valence-electron chi connectivity index (χ3n) is 2.63. The van der Waals surface area contributed by atoms with Crippen molar-refractivity contribution in [3.05, 3.63) is 30.0 Å². The normalized spacial score (nSPS) is 10.8. The summed E-state index contributed by atoms with van der Waals surface area (Å²) in [5.41, 5.74) is 1.73. The monoisotopic (exact) mass is 247 g/mol. The number of hydrogen-bond acceptors (Lipinski definition) is 4. The second-order valence-corrected chi connectivity index (χ2v) is 4.16. The van der Waals surface area contributed by atoms with Crippen molar-refractivity contribution >= 4 is 10.9 Å². The summed E-state index contributed by atoms with van der Waals surface area (Å²) in [4.78, 5) is 4.41. The van der Waals surface area contributed by atoms with Gasteiger partial charge in [0.2, 0.25) is 0 Å². The van der Waals surface area contributed by atoms with Crippen LogP contribution in [0, 0.1) is 6.92 Å². The van der Waals surface area contributed by atoms with Crippen LogP contribution in [0.1, 0.15) is 12.1 Å². The van der Waals surface area contributed by atoms with Crippen LogP contribution in [-0.2, 0) is 4.74 Å². The molecule has 0 aliphatic carbocycles. The van der Waals surface area contributed by atoms with Crippen molar-refractivity contribution in [3.63, 3.8) is 0 Å². The zero-order valence-corrected chi connectivity index (χ0v) is 10.6. The molecule has 0 aliphatic heterocycles. The zero-order chi connectivity index (χ0) is 13.0. The standard InChI is InChI=1S/C14H17NO3/c1-10-8-14(18-7-3-6-17-2)12-9-11(16)4-5-13(12)15-10/h4-5,8-9,16H,3,6-7H2,1-2H3. The number of aromatic hydroxyl groups is 1. The zero-order valence-electron chi connectivity index (χ0n) is 10.6. The second kappa shape index (κ2) is 5.69. The van der Waals surface area contributed by atoms with Crippen LogP contribution in [0.5, 0.6) is 11.5 Å². The first-order valence-corrected chi connectivity index (χ1v) is 5.93. The summed E-state index contributed by atoms with van der Waals surface area (Å²) >= 11 is 0. The molecule has 96 valence electrons. The van der Waals surface area contributed by atoms with Crippen molar-refractivity contribution in [2.45, 2.75) is 13.3 Å². The topological polar surface area (TPSA) is 51.6 Å². The fourth-order valence-corrected chi connectivity index (χ4v) is 1.81. The lowest BCUT2D eigenvalue weighted by atomic mass is 10.1. The first-order chi connectivity index (χ1) is 8.70. The van der Waals surface area contributed by atoms with E-state index in [1.807, 2.05) is 13.0 Å². The van der Waals surface area contributed by atoms with Gasteiger partial charge in [-0.15, -0.1) is 0 Å². The average molecular weight is 247 g/mol. The number of hydrogen-bond donors (Lipinski definition) is 1. The van der Waals surface area contributed by atoms with Crippen molar-refractivity contribution in [2.75, 3.05) is 20.3 Å². The number of ether oxygens (including phenoxy) is 2. The van der Waals surface area contributed by atoms with Crippen LogP contribution >= 0.6 is 0 Å². The minimum Gasteiger partial charge on any atom is -0.508 e. The highest BCUT2D eigenvalue weighted by atomic mass is 16.5. The molecule has 0 radical (unpaired) electrons. The van der Waals surface area contributed by atoms with Crippen LogP contribution in [-0.4, -0.2) is 30.4 Å². The van der Waals surface area contributed by atoms with Gasteiger partial charge in [-0.25, -0.2) is 0 Å². The van der Waals surface area contributed by atoms with Crippen LogP contribution in [0.2, 0.25) is 0 Å². The number of pyridine rings is 1. The van der Waals surface area contributed by atoms with E-state index in [9.17, 15) is 5.11 Å². The van der Waals surface area contributed by atoms with Gasteiger partial charge in [0.15, 0.2) is 0 Å². The first kappa shape index (κ1) is 12.6. The van der Waals surface area contributed by atoms with Crippen molar-refractivity contribution in [1.29, 1.82) is 0 Å². The van der Waals surface area contributed by atoms with Gasteiger partial charge in [0, 0.05) is 37.3 Å². The van der Waals surface area contributed by atoms with E-state index in [-0.39, 0.29) is 5.75 Å². The number of phenols is 1. The van der Waals surface area contributed by atoms with E-state index < -0.39 is 0 Å².